The fourth-order valence-corrected chi connectivity index (χ4v) is 3.79. The molecule has 4 atom stereocenters. The molecule has 0 saturated heterocycles. The molecule has 0 heterocycles. The van der Waals surface area contributed by atoms with Gasteiger partial charge in [0.25, 0.3) is 0 Å². The number of rotatable bonds is 14. The van der Waals surface area contributed by atoms with Gasteiger partial charge in [0.05, 0.1) is 5.92 Å². The lowest BCUT2D eigenvalue weighted by molar-refractivity contribution is -0.144. The van der Waals surface area contributed by atoms with E-state index in [9.17, 15) is 9.18 Å². The van der Waals surface area contributed by atoms with E-state index in [1.807, 2.05) is 40.7 Å². The Labute approximate surface area is 194 Å². The predicted octanol–water partition coefficient (Wildman–Crippen LogP) is 7.78. The molecule has 4 unspecified atom stereocenters. The van der Waals surface area contributed by atoms with Crippen LogP contribution in [0.2, 0.25) is 0 Å². The lowest BCUT2D eigenvalue weighted by Crippen LogP contribution is -2.19. The van der Waals surface area contributed by atoms with Crippen LogP contribution in [0.25, 0.3) is 0 Å². The first-order valence-electron chi connectivity index (χ1n) is 12.1. The number of halogens is 1. The molecule has 0 N–H and O–H groups in total. The number of methoxy groups -OCH3 is 1. The Morgan fingerprint density at radius 1 is 1.25 bits per heavy atom. The predicted molar refractivity (Wildman–Crippen MR) is 128 cm³/mol. The minimum Gasteiger partial charge on any atom is -0.465 e. The molecule has 0 bridgehead atoms. The smallest absolute Gasteiger partial charge is 0.314 e. The molecular weight excluding hydrogens is 407 g/mol. The molecule has 0 amide bonds. The highest BCUT2D eigenvalue weighted by molar-refractivity contribution is 5.73. The third kappa shape index (κ3) is 8.93. The van der Waals surface area contributed by atoms with Crippen molar-refractivity contribution in [3.8, 4) is 0 Å². The molecule has 32 heavy (non-hydrogen) atoms. The summed E-state index contributed by atoms with van der Waals surface area (Å²) in [6.45, 7) is 11.9. The van der Waals surface area contributed by atoms with Gasteiger partial charge in [-0.05, 0) is 56.8 Å². The highest BCUT2D eigenvalue weighted by atomic mass is 19.1. The number of hydrogen-bond acceptors (Lipinski definition) is 4. The van der Waals surface area contributed by atoms with E-state index >= 15 is 0 Å². The van der Waals surface area contributed by atoms with Gasteiger partial charge in [-0.3, -0.25) is 4.79 Å². The van der Waals surface area contributed by atoms with Gasteiger partial charge in [0.15, 0.2) is 6.29 Å². The van der Waals surface area contributed by atoms with E-state index in [-0.39, 0.29) is 35.8 Å². The van der Waals surface area contributed by atoms with Gasteiger partial charge < -0.3 is 14.2 Å². The molecule has 1 rings (SSSR count). The zero-order valence-corrected chi connectivity index (χ0v) is 21.1. The molecule has 0 fully saturated rings. The fraction of sp³-hybridized carbons (Fsp3) is 0.667. The van der Waals surface area contributed by atoms with Gasteiger partial charge in [-0.15, -0.1) is 0 Å². The molecule has 0 aromatic rings. The topological polar surface area (TPSA) is 44.8 Å². The normalized spacial score (nSPS) is 20.2. The second-order valence-electron chi connectivity index (χ2n) is 8.61. The SMILES string of the molecule is CC=C(C=CC(C)C1CC(C)=C(OC(CC)OC)C=C1F)OC(=O)C(CC)CCCCC. The zero-order chi connectivity index (χ0) is 24.1. The molecule has 0 spiro atoms. The molecule has 5 heteroatoms. The summed E-state index contributed by atoms with van der Waals surface area (Å²) in [6.07, 6.45) is 12.8. The minimum atomic E-state index is -0.376. The first-order chi connectivity index (χ1) is 15.3. The van der Waals surface area contributed by atoms with Crippen LogP contribution in [0, 0.1) is 17.8 Å². The van der Waals surface area contributed by atoms with Crippen LogP contribution in [0.5, 0.6) is 0 Å². The summed E-state index contributed by atoms with van der Waals surface area (Å²) >= 11 is 0. The first kappa shape index (κ1) is 28.2. The molecule has 4 nitrogen and oxygen atoms in total. The van der Waals surface area contributed by atoms with Crippen LogP contribution < -0.4 is 0 Å². The molecule has 1 aliphatic rings. The van der Waals surface area contributed by atoms with Crippen LogP contribution >= 0.6 is 0 Å². The van der Waals surface area contributed by atoms with Crippen LogP contribution in [0.15, 0.2) is 47.2 Å². The zero-order valence-electron chi connectivity index (χ0n) is 21.1. The van der Waals surface area contributed by atoms with Gasteiger partial charge in [-0.1, -0.05) is 53.0 Å². The van der Waals surface area contributed by atoms with Crippen molar-refractivity contribution in [1.29, 1.82) is 0 Å². The Kier molecular flexibility index (Phi) is 13.2. The first-order valence-corrected chi connectivity index (χ1v) is 12.1. The lowest BCUT2D eigenvalue weighted by Gasteiger charge is -2.27. The standard InChI is InChI=1S/C27H43FO4/c1-8-12-13-14-21(9-2)27(29)31-22(10-3)16-15-19(5)23-17-20(6)25(18-24(23)28)32-26(11-4)30-7/h10,15-16,18-19,21,23,26H,8-9,11-14,17H2,1-7H3. The average Bonchev–Trinajstić information content (AvgIpc) is 2.79. The Hall–Kier alpha value is -1.88. The van der Waals surface area contributed by atoms with Gasteiger partial charge >= 0.3 is 5.97 Å². The third-order valence-corrected chi connectivity index (χ3v) is 6.11. The number of unbranched alkanes of at least 4 members (excludes halogenated alkanes) is 2. The Morgan fingerprint density at radius 3 is 2.53 bits per heavy atom. The molecular formula is C27H43FO4. The van der Waals surface area contributed by atoms with Gasteiger partial charge in [0.2, 0.25) is 0 Å². The van der Waals surface area contributed by atoms with Crippen molar-refractivity contribution in [2.75, 3.05) is 7.11 Å². The number of carbonyl (C=O) groups is 1. The van der Waals surface area contributed by atoms with Crippen molar-refractivity contribution in [2.24, 2.45) is 17.8 Å². The summed E-state index contributed by atoms with van der Waals surface area (Å²) in [5.74, 6) is 0.279. The number of esters is 1. The Balaban J connectivity index is 2.74. The van der Waals surface area contributed by atoms with Crippen LogP contribution in [-0.2, 0) is 19.0 Å². The second-order valence-corrected chi connectivity index (χ2v) is 8.61. The van der Waals surface area contributed by atoms with Crippen LogP contribution in [0.3, 0.4) is 0 Å². The molecule has 0 aromatic carbocycles. The van der Waals surface area contributed by atoms with Gasteiger partial charge in [-0.2, -0.15) is 0 Å². The van der Waals surface area contributed by atoms with Crippen LogP contribution in [0.4, 0.5) is 4.39 Å². The molecule has 0 radical (unpaired) electrons. The second kappa shape index (κ2) is 15.0. The molecule has 0 aliphatic heterocycles. The van der Waals surface area contributed by atoms with Crippen molar-refractivity contribution in [1.82, 2.24) is 0 Å². The number of hydrogen-bond donors (Lipinski definition) is 0. The molecule has 0 saturated carbocycles. The van der Waals surface area contributed by atoms with Crippen LogP contribution in [-0.4, -0.2) is 19.4 Å². The summed E-state index contributed by atoms with van der Waals surface area (Å²) < 4.78 is 31.5. The van der Waals surface area contributed by atoms with Crippen molar-refractivity contribution >= 4 is 5.97 Å². The largest absolute Gasteiger partial charge is 0.465 e. The fourth-order valence-electron chi connectivity index (χ4n) is 3.79. The lowest BCUT2D eigenvalue weighted by atomic mass is 9.83. The van der Waals surface area contributed by atoms with E-state index in [2.05, 4.69) is 6.92 Å². The highest BCUT2D eigenvalue weighted by Gasteiger charge is 2.27. The third-order valence-electron chi connectivity index (χ3n) is 6.11. The van der Waals surface area contributed by atoms with Crippen molar-refractivity contribution in [2.45, 2.75) is 92.8 Å². The molecule has 182 valence electrons. The minimum absolute atomic E-state index is 0.0627. The maximum atomic E-state index is 14.9. The summed E-state index contributed by atoms with van der Waals surface area (Å²) in [5.41, 5.74) is 1.00. The van der Waals surface area contributed by atoms with E-state index < -0.39 is 0 Å². The maximum absolute atomic E-state index is 14.9. The average molecular weight is 451 g/mol. The quantitative estimate of drug-likeness (QED) is 0.0891. The molecule has 1 aliphatic carbocycles. The Bertz CT molecular complexity index is 700. The van der Waals surface area contributed by atoms with Crippen LogP contribution in [0.1, 0.15) is 86.5 Å². The van der Waals surface area contributed by atoms with E-state index in [0.717, 1.165) is 37.7 Å². The summed E-state index contributed by atoms with van der Waals surface area (Å²) in [4.78, 5) is 12.6. The Morgan fingerprint density at radius 2 is 1.97 bits per heavy atom. The maximum Gasteiger partial charge on any atom is 0.314 e. The van der Waals surface area contributed by atoms with Gasteiger partial charge in [-0.25, -0.2) is 4.39 Å². The summed E-state index contributed by atoms with van der Waals surface area (Å²) in [6, 6.07) is 0. The summed E-state index contributed by atoms with van der Waals surface area (Å²) in [5, 5.41) is 0. The van der Waals surface area contributed by atoms with Crippen molar-refractivity contribution in [3.63, 3.8) is 0 Å². The van der Waals surface area contributed by atoms with E-state index in [1.54, 1.807) is 19.3 Å². The number of carbonyl (C=O) groups excluding carboxylic acids is 1. The van der Waals surface area contributed by atoms with Crippen molar-refractivity contribution in [3.05, 3.63) is 47.2 Å². The van der Waals surface area contributed by atoms with Crippen molar-refractivity contribution < 1.29 is 23.4 Å². The molecule has 0 aromatic heterocycles. The number of ether oxygens (including phenoxy) is 3. The van der Waals surface area contributed by atoms with Gasteiger partial charge in [0.1, 0.15) is 17.3 Å². The number of allylic oxidation sites excluding steroid dienone is 6. The summed E-state index contributed by atoms with van der Waals surface area (Å²) in [7, 11) is 1.59. The monoisotopic (exact) mass is 450 g/mol. The van der Waals surface area contributed by atoms with E-state index in [0.29, 0.717) is 24.4 Å². The van der Waals surface area contributed by atoms with Gasteiger partial charge in [0, 0.05) is 25.5 Å². The van der Waals surface area contributed by atoms with E-state index in [4.69, 9.17) is 14.2 Å². The van der Waals surface area contributed by atoms with E-state index in [1.165, 1.54) is 6.08 Å². The highest BCUT2D eigenvalue weighted by Crippen LogP contribution is 2.36.